The van der Waals surface area contributed by atoms with Gasteiger partial charge in [0.2, 0.25) is 0 Å². The molecule has 126 valence electrons. The summed E-state index contributed by atoms with van der Waals surface area (Å²) in [6, 6.07) is 7.89. The van der Waals surface area contributed by atoms with E-state index in [1.54, 1.807) is 0 Å². The third-order valence-corrected chi connectivity index (χ3v) is 4.88. The zero-order valence-electron chi connectivity index (χ0n) is 14.0. The predicted molar refractivity (Wildman–Crippen MR) is 90.0 cm³/mol. The highest BCUT2D eigenvalue weighted by molar-refractivity contribution is 5.94. The van der Waals surface area contributed by atoms with E-state index < -0.39 is 0 Å². The van der Waals surface area contributed by atoms with E-state index in [0.29, 0.717) is 12.2 Å². The quantitative estimate of drug-likeness (QED) is 0.928. The van der Waals surface area contributed by atoms with Gasteiger partial charge < -0.3 is 19.7 Å². The van der Waals surface area contributed by atoms with Gasteiger partial charge in [0.25, 0.3) is 5.91 Å². The second-order valence-electron chi connectivity index (χ2n) is 6.75. The SMILES string of the molecule is CN(C)c1ccc(C(=O)N[C@H]2CCOC3(CCOCC3)C2)cc1. The molecular weight excluding hydrogens is 292 g/mol. The summed E-state index contributed by atoms with van der Waals surface area (Å²) in [5.74, 6) is 0.00409. The van der Waals surface area contributed by atoms with Crippen LogP contribution in [-0.4, -0.2) is 51.5 Å². The Hall–Kier alpha value is -1.59. The number of hydrogen-bond donors (Lipinski definition) is 1. The fourth-order valence-electron chi connectivity index (χ4n) is 3.42. The molecule has 1 spiro atoms. The first-order valence-electron chi connectivity index (χ1n) is 8.38. The minimum Gasteiger partial charge on any atom is -0.381 e. The number of hydrogen-bond acceptors (Lipinski definition) is 4. The summed E-state index contributed by atoms with van der Waals surface area (Å²) in [4.78, 5) is 14.5. The van der Waals surface area contributed by atoms with Crippen LogP contribution in [0.5, 0.6) is 0 Å². The van der Waals surface area contributed by atoms with Crippen molar-refractivity contribution in [3.8, 4) is 0 Å². The van der Waals surface area contributed by atoms with Crippen LogP contribution in [0.2, 0.25) is 0 Å². The summed E-state index contributed by atoms with van der Waals surface area (Å²) in [6.07, 6.45) is 3.62. The van der Waals surface area contributed by atoms with Gasteiger partial charge in [-0.15, -0.1) is 0 Å². The smallest absolute Gasteiger partial charge is 0.251 e. The number of carbonyl (C=O) groups is 1. The second-order valence-corrected chi connectivity index (χ2v) is 6.75. The Morgan fingerprint density at radius 1 is 1.17 bits per heavy atom. The molecule has 0 aliphatic carbocycles. The Kier molecular flexibility index (Phi) is 4.87. The standard InChI is InChI=1S/C18H26N2O3/c1-20(2)16-5-3-14(4-6-16)17(21)19-15-7-10-23-18(13-15)8-11-22-12-9-18/h3-6,15H,7-13H2,1-2H3,(H,19,21)/t15-/m0/s1. The van der Waals surface area contributed by atoms with Crippen LogP contribution in [0, 0.1) is 0 Å². The highest BCUT2D eigenvalue weighted by atomic mass is 16.5. The van der Waals surface area contributed by atoms with Crippen molar-refractivity contribution in [2.24, 2.45) is 0 Å². The molecule has 1 amide bonds. The van der Waals surface area contributed by atoms with Crippen LogP contribution in [0.25, 0.3) is 0 Å². The number of anilines is 1. The number of amides is 1. The van der Waals surface area contributed by atoms with Crippen molar-refractivity contribution in [2.75, 3.05) is 38.8 Å². The van der Waals surface area contributed by atoms with Crippen LogP contribution >= 0.6 is 0 Å². The van der Waals surface area contributed by atoms with Crippen molar-refractivity contribution >= 4 is 11.6 Å². The van der Waals surface area contributed by atoms with E-state index >= 15 is 0 Å². The molecule has 2 aliphatic heterocycles. The zero-order chi connectivity index (χ0) is 16.3. The Bertz CT molecular complexity index is 530. The molecule has 5 nitrogen and oxygen atoms in total. The first-order valence-corrected chi connectivity index (χ1v) is 8.38. The summed E-state index contributed by atoms with van der Waals surface area (Å²) in [7, 11) is 3.98. The Balaban J connectivity index is 1.60. The normalized spacial score (nSPS) is 23.5. The fraction of sp³-hybridized carbons (Fsp3) is 0.611. The zero-order valence-corrected chi connectivity index (χ0v) is 14.0. The van der Waals surface area contributed by atoms with E-state index in [-0.39, 0.29) is 17.6 Å². The van der Waals surface area contributed by atoms with Gasteiger partial charge in [-0.2, -0.15) is 0 Å². The van der Waals surface area contributed by atoms with Crippen LogP contribution in [0.4, 0.5) is 5.69 Å². The first-order chi connectivity index (χ1) is 11.1. The molecule has 1 aromatic carbocycles. The summed E-state index contributed by atoms with van der Waals surface area (Å²) >= 11 is 0. The van der Waals surface area contributed by atoms with Crippen molar-refractivity contribution in [2.45, 2.75) is 37.3 Å². The van der Waals surface area contributed by atoms with Gasteiger partial charge in [0.05, 0.1) is 5.60 Å². The molecular formula is C18H26N2O3. The van der Waals surface area contributed by atoms with Crippen molar-refractivity contribution < 1.29 is 14.3 Å². The maximum Gasteiger partial charge on any atom is 0.251 e. The molecule has 2 aliphatic rings. The molecule has 0 radical (unpaired) electrons. The summed E-state index contributed by atoms with van der Waals surface area (Å²) in [5, 5.41) is 3.18. The second kappa shape index (κ2) is 6.89. The van der Waals surface area contributed by atoms with Gasteiger partial charge in [-0.25, -0.2) is 0 Å². The van der Waals surface area contributed by atoms with E-state index in [2.05, 4.69) is 5.32 Å². The third-order valence-electron chi connectivity index (χ3n) is 4.88. The highest BCUT2D eigenvalue weighted by Crippen LogP contribution is 2.34. The lowest BCUT2D eigenvalue weighted by Crippen LogP contribution is -2.51. The van der Waals surface area contributed by atoms with Gasteiger partial charge in [-0.1, -0.05) is 0 Å². The number of nitrogens with zero attached hydrogens (tertiary/aromatic N) is 1. The van der Waals surface area contributed by atoms with Crippen molar-refractivity contribution in [3.63, 3.8) is 0 Å². The van der Waals surface area contributed by atoms with Gasteiger partial charge in [0.15, 0.2) is 0 Å². The van der Waals surface area contributed by atoms with Gasteiger partial charge in [0, 0.05) is 51.2 Å². The van der Waals surface area contributed by atoms with Crippen LogP contribution in [-0.2, 0) is 9.47 Å². The van der Waals surface area contributed by atoms with Gasteiger partial charge >= 0.3 is 0 Å². The van der Waals surface area contributed by atoms with Crippen molar-refractivity contribution in [3.05, 3.63) is 29.8 Å². The molecule has 1 aromatic rings. The average Bonchev–Trinajstić information content (AvgIpc) is 2.55. The molecule has 23 heavy (non-hydrogen) atoms. The fourth-order valence-corrected chi connectivity index (χ4v) is 3.42. The lowest BCUT2D eigenvalue weighted by molar-refractivity contribution is -0.139. The van der Waals surface area contributed by atoms with Crippen LogP contribution < -0.4 is 10.2 Å². The lowest BCUT2D eigenvalue weighted by Gasteiger charge is -2.43. The summed E-state index contributed by atoms with van der Waals surface area (Å²) in [6.45, 7) is 2.23. The van der Waals surface area contributed by atoms with E-state index in [1.165, 1.54) is 0 Å². The average molecular weight is 318 g/mol. The number of benzene rings is 1. The number of rotatable bonds is 3. The van der Waals surface area contributed by atoms with Crippen LogP contribution in [0.3, 0.4) is 0 Å². The highest BCUT2D eigenvalue weighted by Gasteiger charge is 2.39. The molecule has 1 atom stereocenters. The largest absolute Gasteiger partial charge is 0.381 e. The molecule has 2 fully saturated rings. The molecule has 2 heterocycles. The van der Waals surface area contributed by atoms with E-state index in [1.807, 2.05) is 43.3 Å². The van der Waals surface area contributed by atoms with Gasteiger partial charge in [-0.05, 0) is 49.9 Å². The minimum absolute atomic E-state index is 0.00409. The molecule has 2 saturated heterocycles. The van der Waals surface area contributed by atoms with E-state index in [0.717, 1.165) is 44.6 Å². The molecule has 5 heteroatoms. The molecule has 0 aromatic heterocycles. The lowest BCUT2D eigenvalue weighted by atomic mass is 9.84. The Morgan fingerprint density at radius 3 is 2.52 bits per heavy atom. The maximum absolute atomic E-state index is 12.5. The Morgan fingerprint density at radius 2 is 1.87 bits per heavy atom. The first kappa shape index (κ1) is 16.3. The number of nitrogens with one attached hydrogen (secondary N) is 1. The third kappa shape index (κ3) is 3.85. The topological polar surface area (TPSA) is 50.8 Å². The molecule has 3 rings (SSSR count). The predicted octanol–water partition coefficient (Wildman–Crippen LogP) is 2.21. The molecule has 0 saturated carbocycles. The molecule has 0 unspecified atom stereocenters. The van der Waals surface area contributed by atoms with Gasteiger partial charge in [-0.3, -0.25) is 4.79 Å². The van der Waals surface area contributed by atoms with E-state index in [4.69, 9.17) is 9.47 Å². The molecule has 1 N–H and O–H groups in total. The van der Waals surface area contributed by atoms with Crippen LogP contribution in [0.1, 0.15) is 36.0 Å². The monoisotopic (exact) mass is 318 g/mol. The number of carbonyl (C=O) groups excluding carboxylic acids is 1. The van der Waals surface area contributed by atoms with Gasteiger partial charge in [0.1, 0.15) is 0 Å². The summed E-state index contributed by atoms with van der Waals surface area (Å²) < 4.78 is 11.5. The number of ether oxygens (including phenoxy) is 2. The van der Waals surface area contributed by atoms with E-state index in [9.17, 15) is 4.79 Å². The summed E-state index contributed by atoms with van der Waals surface area (Å²) in [5.41, 5.74) is 1.71. The molecule has 0 bridgehead atoms. The van der Waals surface area contributed by atoms with Crippen molar-refractivity contribution in [1.29, 1.82) is 0 Å². The van der Waals surface area contributed by atoms with Crippen LogP contribution in [0.15, 0.2) is 24.3 Å². The Labute approximate surface area is 137 Å². The van der Waals surface area contributed by atoms with Crippen molar-refractivity contribution in [1.82, 2.24) is 5.32 Å². The minimum atomic E-state index is -0.0940. The maximum atomic E-state index is 12.5.